The predicted molar refractivity (Wildman–Crippen MR) is 186 cm³/mol. The minimum absolute atomic E-state index is 0.00978. The average Bonchev–Trinajstić information content (AvgIpc) is 3.52. The molecule has 0 bridgehead atoms. The van der Waals surface area contributed by atoms with Crippen LogP contribution in [-0.2, 0) is 30.5 Å². The number of carbonyl (C=O) groups excluding carboxylic acids is 4. The van der Waals surface area contributed by atoms with Crippen LogP contribution in [0.5, 0.6) is 0 Å². The lowest BCUT2D eigenvalue weighted by atomic mass is 9.96. The number of nitrogens with one attached hydrogen (secondary N) is 2. The molecule has 0 fully saturated rings. The third kappa shape index (κ3) is 9.58. The third-order valence-electron chi connectivity index (χ3n) is 8.55. The molecule has 3 aromatic carbocycles. The van der Waals surface area contributed by atoms with Gasteiger partial charge in [0.1, 0.15) is 19.3 Å². The molecule has 0 saturated heterocycles. The lowest BCUT2D eigenvalue weighted by Gasteiger charge is -2.31. The lowest BCUT2D eigenvalue weighted by molar-refractivity contribution is -0.173. The number of nitrogens with zero attached hydrogens (tertiary/aromatic N) is 2. The number of aliphatic hydroxyl groups is 1. The van der Waals surface area contributed by atoms with E-state index in [2.05, 4.69) is 10.6 Å². The van der Waals surface area contributed by atoms with Crippen LogP contribution in [0.1, 0.15) is 58.9 Å². The summed E-state index contributed by atoms with van der Waals surface area (Å²) in [5.41, 5.74) is 5.64. The standard InChI is InChI=1S/C37H47N5O7/c1-5-25(3)19-20-37(47,35(45)48-6-2)40-33(43)31(39-36(46)49-23-27-13-8-7-9-14-27)21-29-22-41(34(44)26(4)38)24-42(29)32-18-12-16-28-15-10-11-17-30(28)32/h7-18,22,25-26,31,47H,5-6,19-21,23-24,38H2,1-4H3,(H,39,46)(H,40,43)/t25?,26-,31-,37?/m0/s1. The Morgan fingerprint density at radius 2 is 1.65 bits per heavy atom. The second kappa shape index (κ2) is 16.9. The summed E-state index contributed by atoms with van der Waals surface area (Å²) >= 11 is 0. The molecule has 0 spiro atoms. The number of hydrogen-bond acceptors (Lipinski definition) is 9. The smallest absolute Gasteiger partial charge is 0.408 e. The first kappa shape index (κ1) is 36.9. The molecule has 49 heavy (non-hydrogen) atoms. The Balaban J connectivity index is 1.69. The van der Waals surface area contributed by atoms with Crippen molar-refractivity contribution in [2.24, 2.45) is 11.7 Å². The van der Waals surface area contributed by atoms with Gasteiger partial charge in [0.15, 0.2) is 0 Å². The van der Waals surface area contributed by atoms with Gasteiger partial charge >= 0.3 is 12.1 Å². The first-order valence-corrected chi connectivity index (χ1v) is 16.7. The number of hydrogen-bond donors (Lipinski definition) is 4. The molecule has 4 rings (SSSR count). The number of amides is 3. The normalized spacial score (nSPS) is 15.8. The first-order chi connectivity index (χ1) is 23.4. The van der Waals surface area contributed by atoms with Crippen LogP contribution in [0.15, 0.2) is 84.7 Å². The van der Waals surface area contributed by atoms with Crippen molar-refractivity contribution in [2.45, 2.75) is 77.8 Å². The number of alkyl carbamates (subject to hydrolysis) is 1. The maximum atomic E-state index is 14.1. The van der Waals surface area contributed by atoms with E-state index in [1.54, 1.807) is 32.2 Å². The van der Waals surface area contributed by atoms with Crippen LogP contribution < -0.4 is 21.3 Å². The summed E-state index contributed by atoms with van der Waals surface area (Å²) in [6, 6.07) is 20.5. The molecule has 1 aliphatic rings. The fraction of sp³-hybridized carbons (Fsp3) is 0.405. The van der Waals surface area contributed by atoms with E-state index in [0.29, 0.717) is 12.1 Å². The molecule has 5 N–H and O–H groups in total. The molecular weight excluding hydrogens is 626 g/mol. The van der Waals surface area contributed by atoms with Crippen molar-refractivity contribution < 1.29 is 33.8 Å². The summed E-state index contributed by atoms with van der Waals surface area (Å²) in [5, 5.41) is 18.5. The molecule has 12 nitrogen and oxygen atoms in total. The van der Waals surface area contributed by atoms with Crippen LogP contribution in [0.4, 0.5) is 10.5 Å². The minimum Gasteiger partial charge on any atom is -0.462 e. The van der Waals surface area contributed by atoms with Gasteiger partial charge in [0.2, 0.25) is 17.5 Å². The first-order valence-electron chi connectivity index (χ1n) is 16.7. The Bertz CT molecular complexity index is 1640. The third-order valence-corrected chi connectivity index (χ3v) is 8.55. The topological polar surface area (TPSA) is 164 Å². The molecule has 1 heterocycles. The maximum absolute atomic E-state index is 14.1. The van der Waals surface area contributed by atoms with Crippen LogP contribution in [0.2, 0.25) is 0 Å². The van der Waals surface area contributed by atoms with Crippen molar-refractivity contribution in [1.82, 2.24) is 15.5 Å². The Labute approximate surface area is 287 Å². The Morgan fingerprint density at radius 3 is 2.35 bits per heavy atom. The fourth-order valence-electron chi connectivity index (χ4n) is 5.51. The van der Waals surface area contributed by atoms with Crippen molar-refractivity contribution in [3.05, 3.63) is 90.3 Å². The van der Waals surface area contributed by atoms with E-state index >= 15 is 0 Å². The summed E-state index contributed by atoms with van der Waals surface area (Å²) < 4.78 is 10.6. The highest BCUT2D eigenvalue weighted by molar-refractivity contribution is 5.96. The molecule has 2 unspecified atom stereocenters. The number of esters is 1. The molecule has 1 aliphatic heterocycles. The fourth-order valence-corrected chi connectivity index (χ4v) is 5.51. The second-order valence-corrected chi connectivity index (χ2v) is 12.4. The number of benzene rings is 3. The summed E-state index contributed by atoms with van der Waals surface area (Å²) in [6.07, 6.45) is 1.71. The molecule has 262 valence electrons. The highest BCUT2D eigenvalue weighted by Gasteiger charge is 2.42. The van der Waals surface area contributed by atoms with Gasteiger partial charge < -0.3 is 35.8 Å². The molecule has 0 aromatic heterocycles. The van der Waals surface area contributed by atoms with Gasteiger partial charge in [-0.15, -0.1) is 0 Å². The van der Waals surface area contributed by atoms with Gasteiger partial charge in [-0.2, -0.15) is 0 Å². The Hall–Kier alpha value is -4.94. The van der Waals surface area contributed by atoms with Crippen molar-refractivity contribution in [1.29, 1.82) is 0 Å². The van der Waals surface area contributed by atoms with Gasteiger partial charge in [0.05, 0.1) is 18.3 Å². The van der Waals surface area contributed by atoms with Crippen LogP contribution in [0, 0.1) is 5.92 Å². The van der Waals surface area contributed by atoms with E-state index in [9.17, 15) is 24.3 Å². The quantitative estimate of drug-likeness (QED) is 0.134. The monoisotopic (exact) mass is 673 g/mol. The summed E-state index contributed by atoms with van der Waals surface area (Å²) in [6.45, 7) is 7.21. The molecule has 0 saturated carbocycles. The predicted octanol–water partition coefficient (Wildman–Crippen LogP) is 4.51. The van der Waals surface area contributed by atoms with Gasteiger partial charge in [-0.1, -0.05) is 87.0 Å². The number of carbonyl (C=O) groups is 4. The minimum atomic E-state index is -2.35. The van der Waals surface area contributed by atoms with Gasteiger partial charge in [-0.3, -0.25) is 14.5 Å². The van der Waals surface area contributed by atoms with Gasteiger partial charge in [-0.05, 0) is 43.2 Å². The van der Waals surface area contributed by atoms with Crippen LogP contribution in [-0.4, -0.2) is 65.0 Å². The highest BCUT2D eigenvalue weighted by atomic mass is 16.6. The zero-order valence-corrected chi connectivity index (χ0v) is 28.6. The van der Waals surface area contributed by atoms with Gasteiger partial charge in [0, 0.05) is 30.1 Å². The maximum Gasteiger partial charge on any atom is 0.408 e. The van der Waals surface area contributed by atoms with E-state index in [0.717, 1.165) is 28.4 Å². The van der Waals surface area contributed by atoms with Crippen LogP contribution >= 0.6 is 0 Å². The van der Waals surface area contributed by atoms with Crippen LogP contribution in [0.25, 0.3) is 10.8 Å². The molecular formula is C37H47N5O7. The highest BCUT2D eigenvalue weighted by Crippen LogP contribution is 2.34. The summed E-state index contributed by atoms with van der Waals surface area (Å²) in [4.78, 5) is 56.7. The Kier molecular flexibility index (Phi) is 12.8. The van der Waals surface area contributed by atoms with E-state index in [-0.39, 0.29) is 44.5 Å². The summed E-state index contributed by atoms with van der Waals surface area (Å²) in [7, 11) is 0. The Morgan fingerprint density at radius 1 is 0.959 bits per heavy atom. The van der Waals surface area contributed by atoms with Crippen molar-refractivity contribution in [2.75, 3.05) is 18.2 Å². The van der Waals surface area contributed by atoms with Crippen molar-refractivity contribution in [3.8, 4) is 0 Å². The van der Waals surface area contributed by atoms with E-state index in [1.165, 1.54) is 4.90 Å². The number of rotatable bonds is 15. The molecule has 0 aliphatic carbocycles. The molecule has 3 aromatic rings. The molecule has 4 atom stereocenters. The van der Waals surface area contributed by atoms with E-state index in [4.69, 9.17) is 15.2 Å². The van der Waals surface area contributed by atoms with E-state index < -0.39 is 35.8 Å². The second-order valence-electron chi connectivity index (χ2n) is 12.4. The molecule has 12 heteroatoms. The van der Waals surface area contributed by atoms with Gasteiger partial charge in [0.25, 0.3) is 0 Å². The number of fused-ring (bicyclic) bond motifs is 1. The zero-order chi connectivity index (χ0) is 35.6. The SMILES string of the molecule is CCOC(=O)C(O)(CCC(C)CC)NC(=O)[C@H](CC1=CN(C(=O)[C@H](C)N)CN1c1cccc2ccccc12)NC(=O)OCc1ccccc1. The van der Waals surface area contributed by atoms with Gasteiger partial charge in [-0.25, -0.2) is 9.59 Å². The summed E-state index contributed by atoms with van der Waals surface area (Å²) in [5.74, 6) is -2.01. The van der Waals surface area contributed by atoms with Crippen molar-refractivity contribution in [3.63, 3.8) is 0 Å². The molecule has 0 radical (unpaired) electrons. The lowest BCUT2D eigenvalue weighted by Crippen LogP contribution is -2.60. The number of ether oxygens (including phenoxy) is 2. The van der Waals surface area contributed by atoms with Crippen molar-refractivity contribution >= 4 is 40.3 Å². The van der Waals surface area contributed by atoms with Crippen LogP contribution in [0.3, 0.4) is 0 Å². The zero-order valence-electron chi connectivity index (χ0n) is 28.6. The average molecular weight is 674 g/mol. The number of nitrogens with two attached hydrogens (primary N) is 1. The molecule has 3 amide bonds. The largest absolute Gasteiger partial charge is 0.462 e. The van der Waals surface area contributed by atoms with E-state index in [1.807, 2.05) is 79.4 Å². The number of anilines is 1.